The lowest BCUT2D eigenvalue weighted by Gasteiger charge is -2.34. The van der Waals surface area contributed by atoms with Crippen LogP contribution in [0.5, 0.6) is 5.75 Å². The lowest BCUT2D eigenvalue weighted by Crippen LogP contribution is -2.42. The molecule has 0 aliphatic carbocycles. The molecule has 2 nitrogen and oxygen atoms in total. The molecule has 1 aromatic carbocycles. The molecule has 0 radical (unpaired) electrons. The van der Waals surface area contributed by atoms with E-state index in [0.717, 1.165) is 12.3 Å². The first-order valence-electron chi connectivity index (χ1n) is 5.81. The van der Waals surface area contributed by atoms with Gasteiger partial charge in [-0.3, -0.25) is 4.90 Å². The number of rotatable bonds is 5. The van der Waals surface area contributed by atoms with Crippen LogP contribution >= 0.6 is 11.6 Å². The Kier molecular flexibility index (Phi) is 4.84. The third kappa shape index (κ3) is 3.62. The fraction of sp³-hybridized carbons (Fsp3) is 0.571. The monoisotopic (exact) mass is 255 g/mol. The van der Waals surface area contributed by atoms with Crippen LogP contribution < -0.4 is 4.74 Å². The first kappa shape index (κ1) is 14.3. The summed E-state index contributed by atoms with van der Waals surface area (Å²) in [5, 5.41) is 0. The average Bonchev–Trinajstić information content (AvgIpc) is 2.29. The van der Waals surface area contributed by atoms with Gasteiger partial charge in [0.25, 0.3) is 0 Å². The van der Waals surface area contributed by atoms with Crippen LogP contribution in [0.3, 0.4) is 0 Å². The molecular weight excluding hydrogens is 234 g/mol. The normalized spacial score (nSPS) is 11.9. The Balaban J connectivity index is 2.91. The second-order valence-electron chi connectivity index (χ2n) is 5.12. The minimum Gasteiger partial charge on any atom is -0.496 e. The molecule has 0 atom stereocenters. The number of hydrogen-bond donors (Lipinski definition) is 0. The largest absolute Gasteiger partial charge is 0.496 e. The predicted octanol–water partition coefficient (Wildman–Crippen LogP) is 3.45. The Morgan fingerprint density at radius 1 is 1.35 bits per heavy atom. The lowest BCUT2D eigenvalue weighted by atomic mass is 10.0. The topological polar surface area (TPSA) is 12.5 Å². The highest BCUT2D eigenvalue weighted by atomic mass is 35.5. The Labute approximate surface area is 110 Å². The molecule has 0 aromatic heterocycles. The number of halogens is 1. The first-order valence-corrected chi connectivity index (χ1v) is 6.35. The first-order chi connectivity index (χ1) is 7.90. The highest BCUT2D eigenvalue weighted by Crippen LogP contribution is 2.24. The van der Waals surface area contributed by atoms with E-state index >= 15 is 0 Å². The van der Waals surface area contributed by atoms with Crippen LogP contribution in [-0.4, -0.2) is 30.5 Å². The maximum absolute atomic E-state index is 5.99. The molecule has 0 spiro atoms. The lowest BCUT2D eigenvalue weighted by molar-refractivity contribution is 0.169. The van der Waals surface area contributed by atoms with E-state index in [0.29, 0.717) is 5.88 Å². The van der Waals surface area contributed by atoms with Gasteiger partial charge >= 0.3 is 0 Å². The van der Waals surface area contributed by atoms with E-state index in [1.807, 2.05) is 6.07 Å². The van der Waals surface area contributed by atoms with E-state index in [1.54, 1.807) is 7.11 Å². The van der Waals surface area contributed by atoms with Crippen molar-refractivity contribution in [1.29, 1.82) is 0 Å². The van der Waals surface area contributed by atoms with Crippen LogP contribution in [-0.2, 0) is 6.54 Å². The third-order valence-electron chi connectivity index (χ3n) is 3.20. The van der Waals surface area contributed by atoms with Gasteiger partial charge in [0.15, 0.2) is 0 Å². The summed E-state index contributed by atoms with van der Waals surface area (Å²) in [7, 11) is 3.80. The number of methoxy groups -OCH3 is 1. The summed E-state index contributed by atoms with van der Waals surface area (Å²) < 4.78 is 5.39. The summed E-state index contributed by atoms with van der Waals surface area (Å²) in [5.74, 6) is 1.55. The average molecular weight is 256 g/mol. The zero-order chi connectivity index (χ0) is 13.1. The summed E-state index contributed by atoms with van der Waals surface area (Å²) in [4.78, 5) is 2.25. The minimum atomic E-state index is -0.0175. The van der Waals surface area contributed by atoms with Gasteiger partial charge in [-0.15, -0.1) is 11.6 Å². The standard InChI is InChI=1S/C14H22ClNO/c1-11-6-7-13(17-5)12(8-11)9-16(4)14(2,3)10-15/h6-8H,9-10H2,1-5H3. The molecule has 0 saturated carbocycles. The summed E-state index contributed by atoms with van der Waals surface area (Å²) in [5.41, 5.74) is 2.43. The number of alkyl halides is 1. The molecule has 3 heteroatoms. The molecule has 96 valence electrons. The smallest absolute Gasteiger partial charge is 0.123 e. The van der Waals surface area contributed by atoms with E-state index in [2.05, 4.69) is 44.9 Å². The van der Waals surface area contributed by atoms with E-state index in [1.165, 1.54) is 11.1 Å². The van der Waals surface area contributed by atoms with Gasteiger partial charge in [0.05, 0.1) is 7.11 Å². The molecular formula is C14H22ClNO. The molecule has 1 aromatic rings. The van der Waals surface area contributed by atoms with Crippen LogP contribution in [0.1, 0.15) is 25.0 Å². The number of ether oxygens (including phenoxy) is 1. The van der Waals surface area contributed by atoms with Crippen molar-refractivity contribution in [2.75, 3.05) is 20.0 Å². The zero-order valence-corrected chi connectivity index (χ0v) is 12.1. The van der Waals surface area contributed by atoms with Gasteiger partial charge in [-0.25, -0.2) is 0 Å². The van der Waals surface area contributed by atoms with Crippen molar-refractivity contribution in [1.82, 2.24) is 4.90 Å². The molecule has 0 heterocycles. The zero-order valence-electron chi connectivity index (χ0n) is 11.4. The predicted molar refractivity (Wildman–Crippen MR) is 74.0 cm³/mol. The van der Waals surface area contributed by atoms with Crippen LogP contribution in [0.2, 0.25) is 0 Å². The number of nitrogens with zero attached hydrogens (tertiary/aromatic N) is 1. The van der Waals surface area contributed by atoms with Crippen molar-refractivity contribution >= 4 is 11.6 Å². The van der Waals surface area contributed by atoms with Gasteiger partial charge in [0, 0.05) is 23.5 Å². The molecule has 0 amide bonds. The highest BCUT2D eigenvalue weighted by molar-refractivity contribution is 6.18. The van der Waals surface area contributed by atoms with Gasteiger partial charge in [-0.05, 0) is 33.9 Å². The van der Waals surface area contributed by atoms with Crippen molar-refractivity contribution in [2.24, 2.45) is 0 Å². The van der Waals surface area contributed by atoms with Crippen molar-refractivity contribution < 1.29 is 4.74 Å². The fourth-order valence-electron chi connectivity index (χ4n) is 1.60. The van der Waals surface area contributed by atoms with Gasteiger partial charge in [0.2, 0.25) is 0 Å². The molecule has 0 bridgehead atoms. The third-order valence-corrected chi connectivity index (χ3v) is 3.86. The molecule has 1 rings (SSSR count). The Morgan fingerprint density at radius 2 is 2.00 bits per heavy atom. The molecule has 0 aliphatic rings. The molecule has 0 N–H and O–H groups in total. The summed E-state index contributed by atoms with van der Waals surface area (Å²) >= 11 is 5.99. The van der Waals surface area contributed by atoms with Crippen LogP contribution in [0.4, 0.5) is 0 Å². The fourth-order valence-corrected chi connectivity index (χ4v) is 1.81. The molecule has 0 aliphatic heterocycles. The van der Waals surface area contributed by atoms with Gasteiger partial charge in [-0.1, -0.05) is 17.7 Å². The van der Waals surface area contributed by atoms with Crippen molar-refractivity contribution in [3.8, 4) is 5.75 Å². The quantitative estimate of drug-likeness (QED) is 0.748. The van der Waals surface area contributed by atoms with Gasteiger partial charge < -0.3 is 4.74 Å². The summed E-state index contributed by atoms with van der Waals surface area (Å²) in [6.45, 7) is 7.21. The van der Waals surface area contributed by atoms with Gasteiger partial charge in [0.1, 0.15) is 5.75 Å². The van der Waals surface area contributed by atoms with Crippen LogP contribution in [0.25, 0.3) is 0 Å². The van der Waals surface area contributed by atoms with E-state index in [-0.39, 0.29) is 5.54 Å². The number of hydrogen-bond acceptors (Lipinski definition) is 2. The maximum atomic E-state index is 5.99. The molecule has 0 saturated heterocycles. The van der Waals surface area contributed by atoms with E-state index in [9.17, 15) is 0 Å². The minimum absolute atomic E-state index is 0.0175. The van der Waals surface area contributed by atoms with Crippen LogP contribution in [0.15, 0.2) is 18.2 Å². The molecule has 0 fully saturated rings. The molecule has 17 heavy (non-hydrogen) atoms. The van der Waals surface area contributed by atoms with Crippen molar-refractivity contribution in [3.63, 3.8) is 0 Å². The highest BCUT2D eigenvalue weighted by Gasteiger charge is 2.23. The van der Waals surface area contributed by atoms with Gasteiger partial charge in [-0.2, -0.15) is 0 Å². The second kappa shape index (κ2) is 5.74. The van der Waals surface area contributed by atoms with Crippen molar-refractivity contribution in [2.45, 2.75) is 32.9 Å². The Hall–Kier alpha value is -0.730. The van der Waals surface area contributed by atoms with Crippen LogP contribution in [0, 0.1) is 6.92 Å². The number of benzene rings is 1. The molecule has 0 unspecified atom stereocenters. The second-order valence-corrected chi connectivity index (χ2v) is 5.38. The Bertz CT molecular complexity index is 376. The summed E-state index contributed by atoms with van der Waals surface area (Å²) in [6, 6.07) is 6.25. The maximum Gasteiger partial charge on any atom is 0.123 e. The SMILES string of the molecule is COc1ccc(C)cc1CN(C)C(C)(C)CCl. The van der Waals surface area contributed by atoms with E-state index < -0.39 is 0 Å². The Morgan fingerprint density at radius 3 is 2.53 bits per heavy atom. The number of aryl methyl sites for hydroxylation is 1. The van der Waals surface area contributed by atoms with Crippen molar-refractivity contribution in [3.05, 3.63) is 29.3 Å². The van der Waals surface area contributed by atoms with E-state index in [4.69, 9.17) is 16.3 Å². The summed E-state index contributed by atoms with van der Waals surface area (Å²) in [6.07, 6.45) is 0.